The summed E-state index contributed by atoms with van der Waals surface area (Å²) in [5, 5.41) is 10.8. The maximum atomic E-state index is 12.9. The topological polar surface area (TPSA) is 126 Å². The Hall–Kier alpha value is -3.58. The highest BCUT2D eigenvalue weighted by atomic mass is 16.1. The fourth-order valence-corrected chi connectivity index (χ4v) is 3.29. The number of carbonyl (C=O) groups excluding carboxylic acids is 1. The quantitative estimate of drug-likeness (QED) is 0.351. The van der Waals surface area contributed by atoms with Gasteiger partial charge in [0, 0.05) is 41.1 Å². The molecule has 1 atom stereocenters. The SMILES string of the molecule is NCC(C(=O)Nc1cccc2c(-c3cn[nH]c3)c[nH]c12)c1cccc(N)c1. The predicted molar refractivity (Wildman–Crippen MR) is 107 cm³/mol. The number of nitrogens with zero attached hydrogens (tertiary/aromatic N) is 1. The van der Waals surface area contributed by atoms with E-state index in [1.807, 2.05) is 42.7 Å². The van der Waals surface area contributed by atoms with E-state index < -0.39 is 5.92 Å². The van der Waals surface area contributed by atoms with E-state index in [-0.39, 0.29) is 12.5 Å². The predicted octanol–water partition coefficient (Wildman–Crippen LogP) is 2.82. The lowest BCUT2D eigenvalue weighted by Gasteiger charge is -2.16. The minimum absolute atomic E-state index is 0.171. The van der Waals surface area contributed by atoms with Gasteiger partial charge < -0.3 is 21.8 Å². The first-order valence-corrected chi connectivity index (χ1v) is 8.63. The molecule has 0 radical (unpaired) electrons. The van der Waals surface area contributed by atoms with E-state index >= 15 is 0 Å². The molecule has 4 aromatic rings. The van der Waals surface area contributed by atoms with Gasteiger partial charge in [-0.05, 0) is 23.8 Å². The maximum absolute atomic E-state index is 12.9. The summed E-state index contributed by atoms with van der Waals surface area (Å²) in [6.45, 7) is 0.191. The van der Waals surface area contributed by atoms with Gasteiger partial charge in [0.05, 0.1) is 23.3 Å². The number of amides is 1. The van der Waals surface area contributed by atoms with Crippen molar-refractivity contribution in [2.75, 3.05) is 17.6 Å². The summed E-state index contributed by atoms with van der Waals surface area (Å²) in [6.07, 6.45) is 5.50. The number of benzene rings is 2. The standard InChI is InChI=1S/C20H20N6O/c21-8-16(12-3-1-4-14(22)7-12)20(27)26-18-6-2-5-15-17(11-23-19(15)18)13-9-24-25-10-13/h1-7,9-11,16,23H,8,21-22H2,(H,24,25)(H,26,27). The number of nitrogens with one attached hydrogen (secondary N) is 3. The molecule has 136 valence electrons. The minimum atomic E-state index is -0.480. The van der Waals surface area contributed by atoms with E-state index in [1.165, 1.54) is 0 Å². The molecule has 2 heterocycles. The summed E-state index contributed by atoms with van der Waals surface area (Å²) in [6, 6.07) is 13.0. The number of hydrogen-bond acceptors (Lipinski definition) is 4. The van der Waals surface area contributed by atoms with Crippen LogP contribution < -0.4 is 16.8 Å². The Morgan fingerprint density at radius 1 is 1.19 bits per heavy atom. The van der Waals surface area contributed by atoms with E-state index in [4.69, 9.17) is 11.5 Å². The average Bonchev–Trinajstić information content (AvgIpc) is 3.32. The molecule has 0 aliphatic heterocycles. The van der Waals surface area contributed by atoms with Crippen molar-refractivity contribution in [1.82, 2.24) is 15.2 Å². The Kier molecular flexibility index (Phi) is 4.35. The molecule has 0 saturated heterocycles. The molecule has 27 heavy (non-hydrogen) atoms. The number of rotatable bonds is 5. The van der Waals surface area contributed by atoms with Crippen molar-refractivity contribution in [3.63, 3.8) is 0 Å². The number of H-pyrrole nitrogens is 2. The van der Waals surface area contributed by atoms with Crippen LogP contribution in [0.4, 0.5) is 11.4 Å². The summed E-state index contributed by atoms with van der Waals surface area (Å²) >= 11 is 0. The molecule has 2 aromatic heterocycles. The van der Waals surface area contributed by atoms with E-state index in [0.717, 1.165) is 27.6 Å². The van der Waals surface area contributed by atoms with Gasteiger partial charge in [0.1, 0.15) is 0 Å². The van der Waals surface area contributed by atoms with Gasteiger partial charge in [-0.2, -0.15) is 5.10 Å². The van der Waals surface area contributed by atoms with Gasteiger partial charge in [-0.3, -0.25) is 9.89 Å². The highest BCUT2D eigenvalue weighted by molar-refractivity contribution is 6.07. The maximum Gasteiger partial charge on any atom is 0.233 e. The second-order valence-corrected chi connectivity index (χ2v) is 6.37. The largest absolute Gasteiger partial charge is 0.399 e. The van der Waals surface area contributed by atoms with Gasteiger partial charge in [-0.15, -0.1) is 0 Å². The van der Waals surface area contributed by atoms with Crippen LogP contribution in [0.25, 0.3) is 22.0 Å². The average molecular weight is 360 g/mol. The van der Waals surface area contributed by atoms with Crippen LogP contribution in [0.1, 0.15) is 11.5 Å². The van der Waals surface area contributed by atoms with Crippen molar-refractivity contribution >= 4 is 28.2 Å². The number of fused-ring (bicyclic) bond motifs is 1. The fraction of sp³-hybridized carbons (Fsp3) is 0.100. The lowest BCUT2D eigenvalue weighted by molar-refractivity contribution is -0.117. The van der Waals surface area contributed by atoms with Gasteiger partial charge in [0.25, 0.3) is 0 Å². The third-order valence-electron chi connectivity index (χ3n) is 4.65. The summed E-state index contributed by atoms with van der Waals surface area (Å²) in [4.78, 5) is 16.1. The van der Waals surface area contributed by atoms with Crippen molar-refractivity contribution in [1.29, 1.82) is 0 Å². The van der Waals surface area contributed by atoms with Crippen molar-refractivity contribution in [3.8, 4) is 11.1 Å². The number of nitrogen functional groups attached to an aromatic ring is 1. The Balaban J connectivity index is 1.66. The lowest BCUT2D eigenvalue weighted by atomic mass is 9.97. The van der Waals surface area contributed by atoms with Gasteiger partial charge in [-0.25, -0.2) is 0 Å². The first kappa shape index (κ1) is 16.9. The van der Waals surface area contributed by atoms with Crippen LogP contribution in [0.15, 0.2) is 61.1 Å². The highest BCUT2D eigenvalue weighted by Crippen LogP contribution is 2.32. The van der Waals surface area contributed by atoms with Gasteiger partial charge in [0.2, 0.25) is 5.91 Å². The molecule has 0 spiro atoms. The number of anilines is 2. The van der Waals surface area contributed by atoms with Crippen LogP contribution >= 0.6 is 0 Å². The molecule has 0 aliphatic carbocycles. The summed E-state index contributed by atoms with van der Waals surface area (Å²) in [7, 11) is 0. The zero-order valence-corrected chi connectivity index (χ0v) is 14.6. The zero-order valence-electron chi connectivity index (χ0n) is 14.6. The fourth-order valence-electron chi connectivity index (χ4n) is 3.29. The van der Waals surface area contributed by atoms with Crippen LogP contribution in [0.3, 0.4) is 0 Å². The van der Waals surface area contributed by atoms with E-state index in [0.29, 0.717) is 11.4 Å². The van der Waals surface area contributed by atoms with Crippen molar-refractivity contribution in [2.24, 2.45) is 5.73 Å². The first-order chi connectivity index (χ1) is 13.2. The second-order valence-electron chi connectivity index (χ2n) is 6.37. The number of nitrogens with two attached hydrogens (primary N) is 2. The highest BCUT2D eigenvalue weighted by Gasteiger charge is 2.20. The first-order valence-electron chi connectivity index (χ1n) is 8.63. The number of para-hydroxylation sites is 1. The Labute approximate surface area is 155 Å². The second kappa shape index (κ2) is 6.97. The third-order valence-corrected chi connectivity index (χ3v) is 4.65. The minimum Gasteiger partial charge on any atom is -0.399 e. The Morgan fingerprint density at radius 2 is 2.04 bits per heavy atom. The molecule has 7 heteroatoms. The van der Waals surface area contributed by atoms with Crippen LogP contribution in [0, 0.1) is 0 Å². The van der Waals surface area contributed by atoms with Crippen molar-refractivity contribution in [2.45, 2.75) is 5.92 Å². The Bertz CT molecular complexity index is 1080. The number of carbonyl (C=O) groups is 1. The third kappa shape index (κ3) is 3.16. The molecule has 0 fully saturated rings. The number of aromatic nitrogens is 3. The monoisotopic (exact) mass is 360 g/mol. The normalized spacial score (nSPS) is 12.2. The molecule has 1 unspecified atom stereocenters. The molecule has 4 rings (SSSR count). The van der Waals surface area contributed by atoms with E-state index in [2.05, 4.69) is 20.5 Å². The van der Waals surface area contributed by atoms with Crippen molar-refractivity contribution < 1.29 is 4.79 Å². The van der Waals surface area contributed by atoms with E-state index in [1.54, 1.807) is 18.3 Å². The molecule has 7 N–H and O–H groups in total. The van der Waals surface area contributed by atoms with Gasteiger partial charge >= 0.3 is 0 Å². The van der Waals surface area contributed by atoms with Gasteiger partial charge in [-0.1, -0.05) is 24.3 Å². The van der Waals surface area contributed by atoms with Gasteiger partial charge in [0.15, 0.2) is 0 Å². The smallest absolute Gasteiger partial charge is 0.233 e. The number of aromatic amines is 2. The van der Waals surface area contributed by atoms with Crippen LogP contribution in [0.2, 0.25) is 0 Å². The molecular weight excluding hydrogens is 340 g/mol. The number of hydrogen-bond donors (Lipinski definition) is 5. The molecule has 2 aromatic carbocycles. The Morgan fingerprint density at radius 3 is 2.78 bits per heavy atom. The molecule has 0 saturated carbocycles. The summed E-state index contributed by atoms with van der Waals surface area (Å²) < 4.78 is 0. The van der Waals surface area contributed by atoms with E-state index in [9.17, 15) is 4.79 Å². The summed E-state index contributed by atoms with van der Waals surface area (Å²) in [5.74, 6) is -0.651. The zero-order chi connectivity index (χ0) is 18.8. The molecular formula is C20H20N6O. The van der Waals surface area contributed by atoms with Crippen molar-refractivity contribution in [3.05, 3.63) is 66.6 Å². The summed E-state index contributed by atoms with van der Waals surface area (Å²) in [5.41, 5.74) is 16.7. The van der Waals surface area contributed by atoms with Crippen LogP contribution in [-0.4, -0.2) is 27.6 Å². The van der Waals surface area contributed by atoms with Crippen LogP contribution in [-0.2, 0) is 4.79 Å². The van der Waals surface area contributed by atoms with Crippen LogP contribution in [0.5, 0.6) is 0 Å². The molecule has 0 bridgehead atoms. The lowest BCUT2D eigenvalue weighted by Crippen LogP contribution is -2.27. The molecule has 0 aliphatic rings. The molecule has 7 nitrogen and oxygen atoms in total. The molecule has 1 amide bonds.